The fraction of sp³-hybridized carbons (Fsp3) is 0.222. The van der Waals surface area contributed by atoms with Crippen molar-refractivity contribution in [3.8, 4) is 11.1 Å². The molecular weight excluding hydrogens is 276 g/mol. The van der Waals surface area contributed by atoms with Gasteiger partial charge < -0.3 is 11.1 Å². The van der Waals surface area contributed by atoms with Crippen molar-refractivity contribution < 1.29 is 9.59 Å². The van der Waals surface area contributed by atoms with Gasteiger partial charge in [-0.3, -0.25) is 9.59 Å². The number of benzene rings is 2. The predicted octanol–water partition coefficient (Wildman–Crippen LogP) is 2.59. The smallest absolute Gasteiger partial charge is 0.252 e. The average Bonchev–Trinajstić information content (AvgIpc) is 2.52. The van der Waals surface area contributed by atoms with Crippen molar-refractivity contribution in [1.29, 1.82) is 0 Å². The average molecular weight is 296 g/mol. The van der Waals surface area contributed by atoms with E-state index in [4.69, 9.17) is 5.73 Å². The molecule has 4 nitrogen and oxygen atoms in total. The van der Waals surface area contributed by atoms with Gasteiger partial charge in [0, 0.05) is 5.56 Å². The second kappa shape index (κ2) is 6.89. The van der Waals surface area contributed by atoms with Crippen LogP contribution in [0, 0.1) is 5.92 Å². The highest BCUT2D eigenvalue weighted by Gasteiger charge is 2.23. The Balaban J connectivity index is 2.33. The second-order valence-electron chi connectivity index (χ2n) is 5.51. The molecule has 1 atom stereocenters. The highest BCUT2D eigenvalue weighted by atomic mass is 16.2. The number of primary amides is 1. The molecule has 2 amide bonds. The van der Waals surface area contributed by atoms with Crippen molar-refractivity contribution in [3.05, 3.63) is 60.2 Å². The summed E-state index contributed by atoms with van der Waals surface area (Å²) in [5.41, 5.74) is 7.67. The van der Waals surface area contributed by atoms with E-state index in [2.05, 4.69) is 5.32 Å². The van der Waals surface area contributed by atoms with E-state index in [1.807, 2.05) is 56.3 Å². The summed E-state index contributed by atoms with van der Waals surface area (Å²) >= 11 is 0. The summed E-state index contributed by atoms with van der Waals surface area (Å²) in [5, 5.41) is 2.73. The Morgan fingerprint density at radius 3 is 2.14 bits per heavy atom. The molecule has 0 aliphatic rings. The molecule has 2 aromatic carbocycles. The van der Waals surface area contributed by atoms with Crippen molar-refractivity contribution in [3.63, 3.8) is 0 Å². The largest absolute Gasteiger partial charge is 0.368 e. The van der Waals surface area contributed by atoms with Crippen LogP contribution in [0.3, 0.4) is 0 Å². The monoisotopic (exact) mass is 296 g/mol. The molecule has 0 spiro atoms. The molecule has 0 bridgehead atoms. The molecule has 114 valence electrons. The normalized spacial score (nSPS) is 12.0. The lowest BCUT2D eigenvalue weighted by Gasteiger charge is -2.20. The van der Waals surface area contributed by atoms with E-state index >= 15 is 0 Å². The van der Waals surface area contributed by atoms with Crippen LogP contribution in [0.1, 0.15) is 24.2 Å². The minimum Gasteiger partial charge on any atom is -0.368 e. The Hall–Kier alpha value is -2.62. The zero-order chi connectivity index (χ0) is 16.1. The molecule has 4 heteroatoms. The molecule has 0 heterocycles. The molecule has 0 unspecified atom stereocenters. The molecule has 0 saturated heterocycles. The molecule has 2 aromatic rings. The molecule has 0 radical (unpaired) electrons. The van der Waals surface area contributed by atoms with Gasteiger partial charge >= 0.3 is 0 Å². The number of nitrogens with two attached hydrogens (primary N) is 1. The standard InChI is InChI=1S/C18H20N2O2/c1-12(2)16(17(19)21)20-18(22)15-11-7-6-10-14(15)13-8-4-3-5-9-13/h3-12,16H,1-2H3,(H2,19,21)(H,20,22)/t16-/m1/s1. The Labute approximate surface area is 130 Å². The number of nitrogens with one attached hydrogen (secondary N) is 1. The Kier molecular flexibility index (Phi) is 4.94. The third-order valence-corrected chi connectivity index (χ3v) is 3.52. The maximum absolute atomic E-state index is 12.5. The van der Waals surface area contributed by atoms with Gasteiger partial charge in [0.2, 0.25) is 5.91 Å². The van der Waals surface area contributed by atoms with Crippen LogP contribution < -0.4 is 11.1 Å². The van der Waals surface area contributed by atoms with Gasteiger partial charge in [-0.1, -0.05) is 62.4 Å². The Morgan fingerprint density at radius 2 is 1.55 bits per heavy atom. The minimum absolute atomic E-state index is 0.0645. The van der Waals surface area contributed by atoms with Crippen molar-refractivity contribution in [2.75, 3.05) is 0 Å². The first-order chi connectivity index (χ1) is 10.5. The van der Waals surface area contributed by atoms with Gasteiger partial charge in [0.25, 0.3) is 5.91 Å². The fourth-order valence-corrected chi connectivity index (χ4v) is 2.34. The molecule has 0 saturated carbocycles. The van der Waals surface area contributed by atoms with E-state index in [0.29, 0.717) is 5.56 Å². The molecule has 22 heavy (non-hydrogen) atoms. The number of carbonyl (C=O) groups is 2. The Morgan fingerprint density at radius 1 is 0.955 bits per heavy atom. The van der Waals surface area contributed by atoms with Crippen LogP contribution in [-0.4, -0.2) is 17.9 Å². The maximum Gasteiger partial charge on any atom is 0.252 e. The van der Waals surface area contributed by atoms with E-state index in [0.717, 1.165) is 11.1 Å². The number of rotatable bonds is 5. The van der Waals surface area contributed by atoms with Gasteiger partial charge in [0.1, 0.15) is 6.04 Å². The van der Waals surface area contributed by atoms with Crippen LogP contribution in [-0.2, 0) is 4.79 Å². The first kappa shape index (κ1) is 15.8. The maximum atomic E-state index is 12.5. The van der Waals surface area contributed by atoms with Gasteiger partial charge in [-0.25, -0.2) is 0 Å². The molecule has 3 N–H and O–H groups in total. The lowest BCUT2D eigenvalue weighted by molar-refractivity contribution is -0.120. The van der Waals surface area contributed by atoms with Crippen molar-refractivity contribution in [2.45, 2.75) is 19.9 Å². The van der Waals surface area contributed by atoms with Crippen LogP contribution in [0.25, 0.3) is 11.1 Å². The van der Waals surface area contributed by atoms with Crippen LogP contribution in [0.15, 0.2) is 54.6 Å². The third-order valence-electron chi connectivity index (χ3n) is 3.52. The molecule has 0 fully saturated rings. The first-order valence-electron chi connectivity index (χ1n) is 7.25. The molecule has 0 aliphatic carbocycles. The summed E-state index contributed by atoms with van der Waals surface area (Å²) in [5.74, 6) is -0.886. The lowest BCUT2D eigenvalue weighted by Crippen LogP contribution is -2.47. The number of hydrogen-bond acceptors (Lipinski definition) is 2. The minimum atomic E-state index is -0.684. The van der Waals surface area contributed by atoms with Gasteiger partial charge in [0.15, 0.2) is 0 Å². The quantitative estimate of drug-likeness (QED) is 0.890. The number of amides is 2. The van der Waals surface area contributed by atoms with E-state index < -0.39 is 11.9 Å². The zero-order valence-electron chi connectivity index (χ0n) is 12.7. The van der Waals surface area contributed by atoms with Crippen LogP contribution in [0.5, 0.6) is 0 Å². The second-order valence-corrected chi connectivity index (χ2v) is 5.51. The van der Waals surface area contributed by atoms with Crippen molar-refractivity contribution in [1.82, 2.24) is 5.32 Å². The van der Waals surface area contributed by atoms with Crippen molar-refractivity contribution >= 4 is 11.8 Å². The summed E-state index contributed by atoms with van der Waals surface area (Å²) in [7, 11) is 0. The zero-order valence-corrected chi connectivity index (χ0v) is 12.7. The van der Waals surface area contributed by atoms with Gasteiger partial charge in [-0.15, -0.1) is 0 Å². The third kappa shape index (κ3) is 3.52. The summed E-state index contributed by atoms with van der Waals surface area (Å²) in [6, 6.07) is 16.3. The first-order valence-corrected chi connectivity index (χ1v) is 7.25. The molecule has 0 aliphatic heterocycles. The van der Waals surface area contributed by atoms with Gasteiger partial charge in [-0.2, -0.15) is 0 Å². The number of hydrogen-bond donors (Lipinski definition) is 2. The summed E-state index contributed by atoms with van der Waals surface area (Å²) in [4.78, 5) is 24.0. The van der Waals surface area contributed by atoms with E-state index in [1.54, 1.807) is 12.1 Å². The SMILES string of the molecule is CC(C)[C@@H](NC(=O)c1ccccc1-c1ccccc1)C(N)=O. The highest BCUT2D eigenvalue weighted by molar-refractivity contribution is 6.02. The summed E-state index contributed by atoms with van der Waals surface area (Å²) in [6.07, 6.45) is 0. The molecule has 0 aromatic heterocycles. The van der Waals surface area contributed by atoms with Crippen LogP contribution in [0.4, 0.5) is 0 Å². The molecular formula is C18H20N2O2. The lowest BCUT2D eigenvalue weighted by atomic mass is 9.98. The topological polar surface area (TPSA) is 72.2 Å². The van der Waals surface area contributed by atoms with Gasteiger partial charge in [0.05, 0.1) is 0 Å². The summed E-state index contributed by atoms with van der Waals surface area (Å²) < 4.78 is 0. The van der Waals surface area contributed by atoms with E-state index in [-0.39, 0.29) is 11.8 Å². The predicted molar refractivity (Wildman–Crippen MR) is 87.2 cm³/mol. The number of carbonyl (C=O) groups excluding carboxylic acids is 2. The van der Waals surface area contributed by atoms with Crippen molar-refractivity contribution in [2.24, 2.45) is 11.7 Å². The van der Waals surface area contributed by atoms with Crippen LogP contribution >= 0.6 is 0 Å². The summed E-state index contributed by atoms with van der Waals surface area (Å²) in [6.45, 7) is 3.69. The highest BCUT2D eigenvalue weighted by Crippen LogP contribution is 2.23. The van der Waals surface area contributed by atoms with Gasteiger partial charge in [-0.05, 0) is 23.1 Å². The van der Waals surface area contributed by atoms with E-state index in [1.165, 1.54) is 0 Å². The Bertz CT molecular complexity index is 666. The molecule has 2 rings (SSSR count). The van der Waals surface area contributed by atoms with E-state index in [9.17, 15) is 9.59 Å². The van der Waals surface area contributed by atoms with Crippen LogP contribution in [0.2, 0.25) is 0 Å². The fourth-order valence-electron chi connectivity index (χ4n) is 2.34.